The molecule has 0 fully saturated rings. The normalized spacial score (nSPS) is 12.7. The van der Waals surface area contributed by atoms with E-state index in [1.165, 1.54) is 10.9 Å². The molecule has 0 saturated carbocycles. The van der Waals surface area contributed by atoms with E-state index >= 15 is 0 Å². The largest absolute Gasteiger partial charge is 0.459 e. The summed E-state index contributed by atoms with van der Waals surface area (Å²) in [6, 6.07) is 14.4. The van der Waals surface area contributed by atoms with Crippen molar-refractivity contribution in [1.29, 1.82) is 0 Å². The lowest BCUT2D eigenvalue weighted by atomic mass is 10.1. The summed E-state index contributed by atoms with van der Waals surface area (Å²) in [4.78, 5) is 4.34. The number of hydrogen-bond acceptors (Lipinski definition) is 3. The average Bonchev–Trinajstić information content (AvgIpc) is 2.86. The lowest BCUT2D eigenvalue weighted by Crippen LogP contribution is -2.21. The maximum Gasteiger partial charge on any atom is 0.134 e. The maximum atomic E-state index is 5.99. The molecule has 3 nitrogen and oxygen atoms in total. The van der Waals surface area contributed by atoms with E-state index in [2.05, 4.69) is 36.3 Å². The van der Waals surface area contributed by atoms with Crippen LogP contribution in [0.15, 0.2) is 53.1 Å². The number of fused-ring (bicyclic) bond motifs is 1. The number of hydrogen-bond donors (Lipinski definition) is 1. The van der Waals surface area contributed by atoms with Crippen molar-refractivity contribution < 1.29 is 4.42 Å². The van der Waals surface area contributed by atoms with Gasteiger partial charge in [-0.3, -0.25) is 4.98 Å². The fraction of sp³-hybridized carbons (Fsp3) is 0.278. The molecule has 1 unspecified atom stereocenters. The zero-order valence-electron chi connectivity index (χ0n) is 12.5. The second-order valence-electron chi connectivity index (χ2n) is 5.33. The molecule has 0 amide bonds. The molecule has 0 aliphatic carbocycles. The number of nitrogens with one attached hydrogen (secondary N) is 1. The smallest absolute Gasteiger partial charge is 0.134 e. The van der Waals surface area contributed by atoms with Gasteiger partial charge in [-0.25, -0.2) is 0 Å². The van der Waals surface area contributed by atoms with E-state index < -0.39 is 0 Å². The molecule has 0 bridgehead atoms. The zero-order chi connectivity index (χ0) is 14.7. The Morgan fingerprint density at radius 2 is 1.95 bits per heavy atom. The van der Waals surface area contributed by atoms with Gasteiger partial charge in [-0.05, 0) is 37.6 Å². The molecule has 0 radical (unpaired) electrons. The van der Waals surface area contributed by atoms with Gasteiger partial charge in [-0.2, -0.15) is 0 Å². The Labute approximate surface area is 125 Å². The highest BCUT2D eigenvalue weighted by Gasteiger charge is 2.15. The summed E-state index contributed by atoms with van der Waals surface area (Å²) in [5.74, 6) is 1.03. The quantitative estimate of drug-likeness (QED) is 0.766. The Morgan fingerprint density at radius 1 is 1.14 bits per heavy atom. The molecule has 1 atom stereocenters. The average molecular weight is 280 g/mol. The standard InChI is InChI=1S/C18H20N2O/c1-13-16-8-3-4-9-17(16)21-18(13)14(2)19-12-10-15-7-5-6-11-20-15/h3-9,11,14,19H,10,12H2,1-2H3. The van der Waals surface area contributed by atoms with Gasteiger partial charge in [0.1, 0.15) is 11.3 Å². The van der Waals surface area contributed by atoms with Gasteiger partial charge < -0.3 is 9.73 Å². The van der Waals surface area contributed by atoms with Crippen LogP contribution in [0.4, 0.5) is 0 Å². The number of aromatic nitrogens is 1. The first-order chi connectivity index (χ1) is 10.3. The first-order valence-electron chi connectivity index (χ1n) is 7.37. The highest BCUT2D eigenvalue weighted by molar-refractivity contribution is 5.82. The van der Waals surface area contributed by atoms with Gasteiger partial charge in [-0.1, -0.05) is 24.3 Å². The number of nitrogens with zero attached hydrogens (tertiary/aromatic N) is 1. The maximum absolute atomic E-state index is 5.99. The van der Waals surface area contributed by atoms with Crippen LogP contribution in [0.2, 0.25) is 0 Å². The van der Waals surface area contributed by atoms with Crippen LogP contribution in [0.25, 0.3) is 11.0 Å². The number of para-hydroxylation sites is 1. The van der Waals surface area contributed by atoms with Crippen molar-refractivity contribution in [3.8, 4) is 0 Å². The van der Waals surface area contributed by atoms with Gasteiger partial charge in [0.25, 0.3) is 0 Å². The van der Waals surface area contributed by atoms with E-state index in [1.807, 2.05) is 36.5 Å². The molecule has 21 heavy (non-hydrogen) atoms. The predicted molar refractivity (Wildman–Crippen MR) is 85.3 cm³/mol. The highest BCUT2D eigenvalue weighted by Crippen LogP contribution is 2.28. The molecule has 1 aromatic carbocycles. The Hall–Kier alpha value is -2.13. The number of pyridine rings is 1. The van der Waals surface area contributed by atoms with Gasteiger partial charge in [0, 0.05) is 30.2 Å². The number of aryl methyl sites for hydroxylation is 1. The summed E-state index contributed by atoms with van der Waals surface area (Å²) < 4.78 is 5.99. The molecule has 108 valence electrons. The van der Waals surface area contributed by atoms with E-state index in [0.717, 1.165) is 30.0 Å². The summed E-state index contributed by atoms with van der Waals surface area (Å²) in [5.41, 5.74) is 3.30. The van der Waals surface area contributed by atoms with Gasteiger partial charge in [0.05, 0.1) is 6.04 Å². The molecule has 0 aliphatic heterocycles. The van der Waals surface area contributed by atoms with Crippen molar-refractivity contribution in [3.05, 3.63) is 65.7 Å². The van der Waals surface area contributed by atoms with Crippen LogP contribution in [0.3, 0.4) is 0 Å². The van der Waals surface area contributed by atoms with E-state index in [0.29, 0.717) is 0 Å². The van der Waals surface area contributed by atoms with E-state index in [9.17, 15) is 0 Å². The second kappa shape index (κ2) is 6.10. The molecule has 2 aromatic heterocycles. The van der Waals surface area contributed by atoms with Crippen LogP contribution >= 0.6 is 0 Å². The minimum atomic E-state index is 0.195. The Balaban J connectivity index is 1.67. The monoisotopic (exact) mass is 280 g/mol. The van der Waals surface area contributed by atoms with Gasteiger partial charge in [0.15, 0.2) is 0 Å². The molecule has 3 aromatic rings. The molecule has 0 spiro atoms. The third kappa shape index (κ3) is 2.98. The Kier molecular flexibility index (Phi) is 4.02. The Morgan fingerprint density at radius 3 is 2.71 bits per heavy atom. The topological polar surface area (TPSA) is 38.1 Å². The lowest BCUT2D eigenvalue weighted by molar-refractivity contribution is 0.450. The van der Waals surface area contributed by atoms with Crippen LogP contribution in [0, 0.1) is 6.92 Å². The van der Waals surface area contributed by atoms with E-state index in [-0.39, 0.29) is 6.04 Å². The van der Waals surface area contributed by atoms with Crippen molar-refractivity contribution in [2.75, 3.05) is 6.54 Å². The highest BCUT2D eigenvalue weighted by atomic mass is 16.3. The summed E-state index contributed by atoms with van der Waals surface area (Å²) in [5, 5.41) is 4.72. The summed E-state index contributed by atoms with van der Waals surface area (Å²) in [6.07, 6.45) is 2.76. The summed E-state index contributed by atoms with van der Waals surface area (Å²) in [6.45, 7) is 5.15. The number of rotatable bonds is 5. The van der Waals surface area contributed by atoms with Crippen LogP contribution in [-0.2, 0) is 6.42 Å². The predicted octanol–water partition coefficient (Wildman–Crippen LogP) is 4.03. The SMILES string of the molecule is Cc1c(C(C)NCCc2ccccn2)oc2ccccc12. The van der Waals surface area contributed by atoms with Crippen molar-refractivity contribution in [1.82, 2.24) is 10.3 Å². The molecule has 0 saturated heterocycles. The molecular weight excluding hydrogens is 260 g/mol. The first-order valence-corrected chi connectivity index (χ1v) is 7.37. The molecule has 2 heterocycles. The molecule has 1 N–H and O–H groups in total. The van der Waals surface area contributed by atoms with Crippen LogP contribution in [0.5, 0.6) is 0 Å². The van der Waals surface area contributed by atoms with Crippen LogP contribution in [-0.4, -0.2) is 11.5 Å². The van der Waals surface area contributed by atoms with Crippen molar-refractivity contribution in [3.63, 3.8) is 0 Å². The molecule has 3 rings (SSSR count). The first kappa shape index (κ1) is 13.8. The van der Waals surface area contributed by atoms with Crippen molar-refractivity contribution in [2.24, 2.45) is 0 Å². The van der Waals surface area contributed by atoms with Gasteiger partial charge in [0.2, 0.25) is 0 Å². The molecule has 0 aliphatic rings. The van der Waals surface area contributed by atoms with Gasteiger partial charge >= 0.3 is 0 Å². The van der Waals surface area contributed by atoms with E-state index in [1.54, 1.807) is 0 Å². The minimum absolute atomic E-state index is 0.195. The third-order valence-corrected chi connectivity index (χ3v) is 3.83. The fourth-order valence-electron chi connectivity index (χ4n) is 2.66. The van der Waals surface area contributed by atoms with Crippen molar-refractivity contribution in [2.45, 2.75) is 26.3 Å². The van der Waals surface area contributed by atoms with Crippen LogP contribution in [0.1, 0.15) is 30.0 Å². The fourth-order valence-corrected chi connectivity index (χ4v) is 2.66. The van der Waals surface area contributed by atoms with Gasteiger partial charge in [-0.15, -0.1) is 0 Å². The van der Waals surface area contributed by atoms with E-state index in [4.69, 9.17) is 4.42 Å². The zero-order valence-corrected chi connectivity index (χ0v) is 12.5. The number of furan rings is 1. The lowest BCUT2D eigenvalue weighted by Gasteiger charge is -2.12. The second-order valence-corrected chi connectivity index (χ2v) is 5.33. The van der Waals surface area contributed by atoms with Crippen molar-refractivity contribution >= 4 is 11.0 Å². The third-order valence-electron chi connectivity index (χ3n) is 3.83. The summed E-state index contributed by atoms with van der Waals surface area (Å²) in [7, 11) is 0. The van der Waals surface area contributed by atoms with Crippen LogP contribution < -0.4 is 5.32 Å². The molecule has 3 heteroatoms. The number of benzene rings is 1. The minimum Gasteiger partial charge on any atom is -0.459 e. The summed E-state index contributed by atoms with van der Waals surface area (Å²) >= 11 is 0. The molecular formula is C18H20N2O. The Bertz CT molecular complexity index is 718.